The SMILES string of the molecule is Cl.c1n[nH]c2c1CCNCC2. The van der Waals surface area contributed by atoms with Crippen LogP contribution in [-0.2, 0) is 12.8 Å². The van der Waals surface area contributed by atoms with Crippen LogP contribution in [0.4, 0.5) is 0 Å². The lowest BCUT2D eigenvalue weighted by Crippen LogP contribution is -2.16. The second-order valence-corrected chi connectivity index (χ2v) is 2.62. The summed E-state index contributed by atoms with van der Waals surface area (Å²) in [7, 11) is 0. The predicted octanol–water partition coefficient (Wildman–Crippen LogP) is 0.520. The van der Waals surface area contributed by atoms with Gasteiger partial charge in [-0.1, -0.05) is 0 Å². The van der Waals surface area contributed by atoms with Gasteiger partial charge in [0.1, 0.15) is 0 Å². The third-order valence-electron chi connectivity index (χ3n) is 1.93. The first-order valence-electron chi connectivity index (χ1n) is 3.68. The van der Waals surface area contributed by atoms with Crippen LogP contribution in [-0.4, -0.2) is 23.3 Å². The van der Waals surface area contributed by atoms with Crippen LogP contribution in [0.1, 0.15) is 11.3 Å². The van der Waals surface area contributed by atoms with Gasteiger partial charge < -0.3 is 5.32 Å². The normalized spacial score (nSPS) is 16.4. The van der Waals surface area contributed by atoms with E-state index in [1.807, 2.05) is 6.20 Å². The molecule has 4 heteroatoms. The molecule has 2 N–H and O–H groups in total. The molecular weight excluding hydrogens is 162 g/mol. The van der Waals surface area contributed by atoms with Crippen molar-refractivity contribution in [1.29, 1.82) is 0 Å². The van der Waals surface area contributed by atoms with E-state index < -0.39 is 0 Å². The van der Waals surface area contributed by atoms with Gasteiger partial charge >= 0.3 is 0 Å². The zero-order chi connectivity index (χ0) is 6.81. The first kappa shape index (κ1) is 8.56. The molecule has 2 rings (SSSR count). The molecule has 0 fully saturated rings. The van der Waals surface area contributed by atoms with Crippen molar-refractivity contribution in [2.75, 3.05) is 13.1 Å². The van der Waals surface area contributed by atoms with Crippen molar-refractivity contribution in [3.05, 3.63) is 17.5 Å². The molecule has 0 radical (unpaired) electrons. The van der Waals surface area contributed by atoms with Crippen LogP contribution in [0, 0.1) is 0 Å². The van der Waals surface area contributed by atoms with Crippen molar-refractivity contribution < 1.29 is 0 Å². The Morgan fingerprint density at radius 2 is 2.09 bits per heavy atom. The zero-order valence-electron chi connectivity index (χ0n) is 6.26. The van der Waals surface area contributed by atoms with Gasteiger partial charge in [0.15, 0.2) is 0 Å². The molecule has 1 aromatic heterocycles. The van der Waals surface area contributed by atoms with Gasteiger partial charge in [-0.3, -0.25) is 5.10 Å². The number of aromatic amines is 1. The number of nitrogens with one attached hydrogen (secondary N) is 2. The number of rotatable bonds is 0. The van der Waals surface area contributed by atoms with Gasteiger partial charge in [-0.05, 0) is 18.5 Å². The van der Waals surface area contributed by atoms with Crippen molar-refractivity contribution in [2.45, 2.75) is 12.8 Å². The lowest BCUT2D eigenvalue weighted by molar-refractivity contribution is 0.703. The van der Waals surface area contributed by atoms with Crippen molar-refractivity contribution in [3.63, 3.8) is 0 Å². The van der Waals surface area contributed by atoms with Crippen molar-refractivity contribution >= 4 is 12.4 Å². The highest BCUT2D eigenvalue weighted by Gasteiger charge is 2.07. The molecule has 0 unspecified atom stereocenters. The quantitative estimate of drug-likeness (QED) is 0.601. The molecule has 1 aromatic rings. The van der Waals surface area contributed by atoms with Gasteiger partial charge in [-0.25, -0.2) is 0 Å². The van der Waals surface area contributed by atoms with Crippen LogP contribution in [0.3, 0.4) is 0 Å². The maximum atomic E-state index is 3.99. The van der Waals surface area contributed by atoms with Crippen molar-refractivity contribution in [3.8, 4) is 0 Å². The zero-order valence-corrected chi connectivity index (χ0v) is 7.08. The van der Waals surface area contributed by atoms with Crippen LogP contribution >= 0.6 is 12.4 Å². The molecule has 62 valence electrons. The van der Waals surface area contributed by atoms with Gasteiger partial charge in [0.25, 0.3) is 0 Å². The van der Waals surface area contributed by atoms with Crippen LogP contribution in [0.15, 0.2) is 6.20 Å². The van der Waals surface area contributed by atoms with E-state index in [9.17, 15) is 0 Å². The Morgan fingerprint density at radius 3 is 3.00 bits per heavy atom. The van der Waals surface area contributed by atoms with Crippen LogP contribution in [0.5, 0.6) is 0 Å². The third kappa shape index (κ3) is 1.73. The van der Waals surface area contributed by atoms with Crippen LogP contribution < -0.4 is 5.32 Å². The fourth-order valence-corrected chi connectivity index (χ4v) is 1.33. The molecule has 0 aromatic carbocycles. The number of fused-ring (bicyclic) bond motifs is 1. The van der Waals surface area contributed by atoms with Gasteiger partial charge in [0, 0.05) is 18.7 Å². The fraction of sp³-hybridized carbons (Fsp3) is 0.571. The molecule has 0 saturated carbocycles. The predicted molar refractivity (Wildman–Crippen MR) is 46.1 cm³/mol. The Morgan fingerprint density at radius 1 is 1.27 bits per heavy atom. The minimum atomic E-state index is 0. The summed E-state index contributed by atoms with van der Waals surface area (Å²) in [5.41, 5.74) is 2.69. The molecule has 0 bridgehead atoms. The summed E-state index contributed by atoms with van der Waals surface area (Å²) in [5.74, 6) is 0. The largest absolute Gasteiger partial charge is 0.316 e. The van der Waals surface area contributed by atoms with E-state index in [1.54, 1.807) is 0 Å². The molecule has 0 amide bonds. The Balaban J connectivity index is 0.000000605. The maximum Gasteiger partial charge on any atom is 0.0522 e. The Kier molecular flexibility index (Phi) is 2.91. The smallest absolute Gasteiger partial charge is 0.0522 e. The maximum absolute atomic E-state index is 3.99. The molecule has 3 nitrogen and oxygen atoms in total. The highest BCUT2D eigenvalue weighted by molar-refractivity contribution is 5.85. The molecule has 0 aliphatic carbocycles. The topological polar surface area (TPSA) is 40.7 Å². The minimum Gasteiger partial charge on any atom is -0.316 e. The molecule has 11 heavy (non-hydrogen) atoms. The summed E-state index contributed by atoms with van der Waals surface area (Å²) in [6.07, 6.45) is 4.14. The van der Waals surface area contributed by atoms with E-state index in [4.69, 9.17) is 0 Å². The molecule has 0 atom stereocenters. The summed E-state index contributed by atoms with van der Waals surface area (Å²) in [6, 6.07) is 0. The standard InChI is InChI=1S/C7H11N3.ClH/c1-3-8-4-2-7-6(1)5-9-10-7;/h5,8H,1-4H2,(H,9,10);1H. The molecular formula is C7H12ClN3. The summed E-state index contributed by atoms with van der Waals surface area (Å²) in [5, 5.41) is 10.3. The van der Waals surface area contributed by atoms with E-state index in [0.29, 0.717) is 0 Å². The molecule has 0 saturated heterocycles. The number of H-pyrrole nitrogens is 1. The van der Waals surface area contributed by atoms with Crippen LogP contribution in [0.2, 0.25) is 0 Å². The number of hydrogen-bond acceptors (Lipinski definition) is 2. The minimum absolute atomic E-state index is 0. The van der Waals surface area contributed by atoms with Gasteiger partial charge in [-0.15, -0.1) is 12.4 Å². The van der Waals surface area contributed by atoms with Crippen LogP contribution in [0.25, 0.3) is 0 Å². The van der Waals surface area contributed by atoms with Crippen molar-refractivity contribution in [2.24, 2.45) is 0 Å². The first-order valence-corrected chi connectivity index (χ1v) is 3.68. The Bertz CT molecular complexity index is 201. The highest BCUT2D eigenvalue weighted by Crippen LogP contribution is 2.07. The van der Waals surface area contributed by atoms with Gasteiger partial charge in [0.05, 0.1) is 6.20 Å². The fourth-order valence-electron chi connectivity index (χ4n) is 1.33. The highest BCUT2D eigenvalue weighted by atomic mass is 35.5. The summed E-state index contributed by atoms with van der Waals surface area (Å²) in [4.78, 5) is 0. The van der Waals surface area contributed by atoms with Gasteiger partial charge in [-0.2, -0.15) is 5.10 Å². The Hall–Kier alpha value is -0.540. The lowest BCUT2D eigenvalue weighted by Gasteiger charge is -1.93. The third-order valence-corrected chi connectivity index (χ3v) is 1.93. The number of aromatic nitrogens is 2. The van der Waals surface area contributed by atoms with E-state index >= 15 is 0 Å². The summed E-state index contributed by atoms with van der Waals surface area (Å²) < 4.78 is 0. The molecule has 2 heterocycles. The second-order valence-electron chi connectivity index (χ2n) is 2.62. The summed E-state index contributed by atoms with van der Waals surface area (Å²) >= 11 is 0. The lowest BCUT2D eigenvalue weighted by atomic mass is 10.2. The monoisotopic (exact) mass is 173 g/mol. The van der Waals surface area contributed by atoms with E-state index in [0.717, 1.165) is 25.9 Å². The summed E-state index contributed by atoms with van der Waals surface area (Å²) in [6.45, 7) is 2.17. The van der Waals surface area contributed by atoms with E-state index in [2.05, 4.69) is 15.5 Å². The van der Waals surface area contributed by atoms with E-state index in [-0.39, 0.29) is 12.4 Å². The first-order chi connectivity index (χ1) is 4.97. The second kappa shape index (κ2) is 3.74. The molecule has 1 aliphatic heterocycles. The molecule has 0 spiro atoms. The average molecular weight is 174 g/mol. The van der Waals surface area contributed by atoms with Gasteiger partial charge in [0.2, 0.25) is 0 Å². The molecule has 1 aliphatic rings. The Labute approximate surface area is 72.0 Å². The number of nitrogens with zero attached hydrogens (tertiary/aromatic N) is 1. The van der Waals surface area contributed by atoms with Crippen molar-refractivity contribution in [1.82, 2.24) is 15.5 Å². The number of halogens is 1. The number of hydrogen-bond donors (Lipinski definition) is 2. The van der Waals surface area contributed by atoms with E-state index in [1.165, 1.54) is 11.3 Å². The average Bonchev–Trinajstić information content (AvgIpc) is 2.28.